The van der Waals surface area contributed by atoms with Gasteiger partial charge in [-0.3, -0.25) is 4.79 Å². The first-order valence-electron chi connectivity index (χ1n) is 8.39. The molecule has 0 bridgehead atoms. The van der Waals surface area contributed by atoms with Crippen LogP contribution in [0.4, 0.5) is 0 Å². The summed E-state index contributed by atoms with van der Waals surface area (Å²) in [6, 6.07) is 0.400. The third-order valence-corrected chi connectivity index (χ3v) is 4.60. The maximum atomic E-state index is 12.0. The summed E-state index contributed by atoms with van der Waals surface area (Å²) in [5, 5.41) is 6.46. The quantitative estimate of drug-likeness (QED) is 0.791. The Morgan fingerprint density at radius 1 is 1.29 bits per heavy atom. The van der Waals surface area contributed by atoms with Gasteiger partial charge in [0.15, 0.2) is 0 Å². The van der Waals surface area contributed by atoms with Crippen LogP contribution in [0.1, 0.15) is 58.3 Å². The number of unbranched alkanes of at least 4 members (excludes halogenated alkanes) is 1. The monoisotopic (exact) mass is 318 g/mol. The molecule has 21 heavy (non-hydrogen) atoms. The molecule has 0 spiro atoms. The molecule has 1 aliphatic carbocycles. The molecule has 0 aromatic carbocycles. The Kier molecular flexibility index (Phi) is 9.29. The molecule has 2 N–H and O–H groups in total. The molecule has 0 aromatic heterocycles. The van der Waals surface area contributed by atoms with Crippen LogP contribution in [0.25, 0.3) is 0 Å². The second-order valence-electron chi connectivity index (χ2n) is 6.33. The highest BCUT2D eigenvalue weighted by Crippen LogP contribution is 2.28. The highest BCUT2D eigenvalue weighted by atomic mass is 35.5. The molecule has 0 radical (unpaired) electrons. The van der Waals surface area contributed by atoms with Crippen molar-refractivity contribution in [2.75, 3.05) is 19.7 Å². The van der Waals surface area contributed by atoms with E-state index in [9.17, 15) is 4.79 Å². The van der Waals surface area contributed by atoms with Crippen molar-refractivity contribution < 1.29 is 9.53 Å². The van der Waals surface area contributed by atoms with Gasteiger partial charge >= 0.3 is 0 Å². The third kappa shape index (κ3) is 6.98. The molecule has 2 fully saturated rings. The Balaban J connectivity index is 0.00000220. The number of carbonyl (C=O) groups excluding carboxylic acids is 1. The largest absolute Gasteiger partial charge is 0.375 e. The zero-order valence-corrected chi connectivity index (χ0v) is 14.1. The van der Waals surface area contributed by atoms with Gasteiger partial charge in [0, 0.05) is 19.1 Å². The van der Waals surface area contributed by atoms with E-state index in [2.05, 4.69) is 17.6 Å². The summed E-state index contributed by atoms with van der Waals surface area (Å²) in [7, 11) is 0. The number of amides is 1. The summed E-state index contributed by atoms with van der Waals surface area (Å²) in [6.07, 6.45) is 9.47. The highest BCUT2D eigenvalue weighted by molar-refractivity contribution is 5.85. The third-order valence-electron chi connectivity index (χ3n) is 4.60. The van der Waals surface area contributed by atoms with Crippen LogP contribution >= 0.6 is 12.4 Å². The van der Waals surface area contributed by atoms with Crippen molar-refractivity contribution in [3.8, 4) is 0 Å². The first-order chi connectivity index (χ1) is 9.78. The number of morpholine rings is 1. The van der Waals surface area contributed by atoms with Crippen LogP contribution in [0.2, 0.25) is 0 Å². The summed E-state index contributed by atoms with van der Waals surface area (Å²) in [6.45, 7) is 4.69. The van der Waals surface area contributed by atoms with Crippen molar-refractivity contribution in [2.45, 2.75) is 70.4 Å². The van der Waals surface area contributed by atoms with Gasteiger partial charge in [0.25, 0.3) is 0 Å². The van der Waals surface area contributed by atoms with E-state index >= 15 is 0 Å². The molecule has 1 atom stereocenters. The topological polar surface area (TPSA) is 50.4 Å². The lowest BCUT2D eigenvalue weighted by atomic mass is 9.83. The lowest BCUT2D eigenvalue weighted by molar-refractivity contribution is -0.125. The molecule has 124 valence electrons. The zero-order valence-electron chi connectivity index (χ0n) is 13.2. The van der Waals surface area contributed by atoms with Gasteiger partial charge in [-0.1, -0.05) is 26.2 Å². The van der Waals surface area contributed by atoms with Crippen LogP contribution in [0.3, 0.4) is 0 Å². The fraction of sp³-hybridized carbons (Fsp3) is 0.938. The Morgan fingerprint density at radius 2 is 2.05 bits per heavy atom. The first-order valence-corrected chi connectivity index (χ1v) is 8.39. The van der Waals surface area contributed by atoms with E-state index in [0.717, 1.165) is 38.5 Å². The Morgan fingerprint density at radius 3 is 2.67 bits per heavy atom. The van der Waals surface area contributed by atoms with E-state index < -0.39 is 0 Å². The van der Waals surface area contributed by atoms with Crippen molar-refractivity contribution in [1.82, 2.24) is 10.6 Å². The minimum Gasteiger partial charge on any atom is -0.375 e. The van der Waals surface area contributed by atoms with Gasteiger partial charge in [0.2, 0.25) is 5.91 Å². The van der Waals surface area contributed by atoms with Gasteiger partial charge in [-0.25, -0.2) is 0 Å². The highest BCUT2D eigenvalue weighted by Gasteiger charge is 2.23. The standard InChI is InChI=1S/C16H30N2O2.ClH/c1-2-3-4-13-5-7-14(8-6-13)18-16(19)11-15-12-17-9-10-20-15;/h13-15,17H,2-12H2,1H3,(H,18,19);1H. The molecular formula is C16H31ClN2O2. The van der Waals surface area contributed by atoms with E-state index in [0.29, 0.717) is 12.5 Å². The summed E-state index contributed by atoms with van der Waals surface area (Å²) in [5.74, 6) is 1.06. The number of hydrogen-bond donors (Lipinski definition) is 2. The number of ether oxygens (including phenoxy) is 1. The van der Waals surface area contributed by atoms with Crippen molar-refractivity contribution in [1.29, 1.82) is 0 Å². The molecule has 2 aliphatic rings. The van der Waals surface area contributed by atoms with E-state index in [1.807, 2.05) is 0 Å². The van der Waals surface area contributed by atoms with Gasteiger partial charge in [0.1, 0.15) is 0 Å². The van der Waals surface area contributed by atoms with Gasteiger partial charge < -0.3 is 15.4 Å². The summed E-state index contributed by atoms with van der Waals surface area (Å²) < 4.78 is 5.58. The zero-order chi connectivity index (χ0) is 14.2. The minimum absolute atomic E-state index is 0. The summed E-state index contributed by atoms with van der Waals surface area (Å²) >= 11 is 0. The molecule has 1 unspecified atom stereocenters. The van der Waals surface area contributed by atoms with Crippen LogP contribution in [-0.4, -0.2) is 37.7 Å². The second kappa shape index (κ2) is 10.4. The molecule has 1 amide bonds. The normalized spacial score (nSPS) is 29.5. The van der Waals surface area contributed by atoms with Crippen molar-refractivity contribution in [3.05, 3.63) is 0 Å². The van der Waals surface area contributed by atoms with Crippen molar-refractivity contribution >= 4 is 18.3 Å². The number of hydrogen-bond acceptors (Lipinski definition) is 3. The van der Waals surface area contributed by atoms with Crippen LogP contribution < -0.4 is 10.6 Å². The van der Waals surface area contributed by atoms with Gasteiger partial charge in [-0.15, -0.1) is 12.4 Å². The van der Waals surface area contributed by atoms with E-state index in [-0.39, 0.29) is 24.4 Å². The second-order valence-corrected chi connectivity index (χ2v) is 6.33. The van der Waals surface area contributed by atoms with Crippen molar-refractivity contribution in [3.63, 3.8) is 0 Å². The Labute approximate surface area is 135 Å². The molecule has 2 rings (SSSR count). The van der Waals surface area contributed by atoms with Gasteiger partial charge in [-0.05, 0) is 31.6 Å². The lowest BCUT2D eigenvalue weighted by Gasteiger charge is -2.30. The average Bonchev–Trinajstić information content (AvgIpc) is 2.47. The molecule has 1 heterocycles. The van der Waals surface area contributed by atoms with E-state index in [1.54, 1.807) is 0 Å². The molecule has 5 heteroatoms. The predicted octanol–water partition coefficient (Wildman–Crippen LogP) is 2.65. The predicted molar refractivity (Wildman–Crippen MR) is 87.9 cm³/mol. The van der Waals surface area contributed by atoms with E-state index in [1.165, 1.54) is 32.1 Å². The molecule has 1 saturated carbocycles. The fourth-order valence-corrected chi connectivity index (χ4v) is 3.33. The van der Waals surface area contributed by atoms with Gasteiger partial charge in [-0.2, -0.15) is 0 Å². The summed E-state index contributed by atoms with van der Waals surface area (Å²) in [4.78, 5) is 12.0. The van der Waals surface area contributed by atoms with Crippen LogP contribution in [-0.2, 0) is 9.53 Å². The SMILES string of the molecule is CCCCC1CCC(NC(=O)CC2CNCCO2)CC1.Cl. The smallest absolute Gasteiger partial charge is 0.222 e. The lowest BCUT2D eigenvalue weighted by Crippen LogP contribution is -2.44. The Bertz CT molecular complexity index is 288. The van der Waals surface area contributed by atoms with Crippen LogP contribution in [0.15, 0.2) is 0 Å². The molecule has 1 aliphatic heterocycles. The Hall–Kier alpha value is -0.320. The molecule has 0 aromatic rings. The van der Waals surface area contributed by atoms with Crippen LogP contribution in [0.5, 0.6) is 0 Å². The first kappa shape index (κ1) is 18.7. The number of rotatable bonds is 6. The molecule has 4 nitrogen and oxygen atoms in total. The van der Waals surface area contributed by atoms with Gasteiger partial charge in [0.05, 0.1) is 19.1 Å². The maximum Gasteiger partial charge on any atom is 0.222 e. The number of halogens is 1. The van der Waals surface area contributed by atoms with Crippen molar-refractivity contribution in [2.24, 2.45) is 5.92 Å². The molecule has 1 saturated heterocycles. The average molecular weight is 319 g/mol. The maximum absolute atomic E-state index is 12.0. The fourth-order valence-electron chi connectivity index (χ4n) is 3.33. The van der Waals surface area contributed by atoms with E-state index in [4.69, 9.17) is 4.74 Å². The summed E-state index contributed by atoms with van der Waals surface area (Å²) in [5.41, 5.74) is 0. The number of carbonyl (C=O) groups is 1. The minimum atomic E-state index is 0. The van der Waals surface area contributed by atoms with Crippen LogP contribution in [0, 0.1) is 5.92 Å². The number of nitrogens with one attached hydrogen (secondary N) is 2. The molecular weight excluding hydrogens is 288 g/mol.